The Labute approximate surface area is 104 Å². The van der Waals surface area contributed by atoms with Crippen LogP contribution < -0.4 is 5.43 Å². The highest BCUT2D eigenvalue weighted by Gasteiger charge is 2.23. The lowest BCUT2D eigenvalue weighted by Crippen LogP contribution is -2.52. The first kappa shape index (κ1) is 12.5. The molecule has 1 aliphatic rings. The van der Waals surface area contributed by atoms with Crippen LogP contribution in [0.5, 0.6) is 0 Å². The van der Waals surface area contributed by atoms with Crippen molar-refractivity contribution >= 4 is 0 Å². The molecule has 94 valence electrons. The Bertz CT molecular complexity index is 315. The molecule has 1 aromatic heterocycles. The second-order valence-electron chi connectivity index (χ2n) is 5.02. The standard InChI is InChI=1S/C14H23N3/c1-12-6-5-7-13(2)17(12)16-11-9-14-8-3-4-10-15-14/h3-4,8,10,12-13,16H,5-7,9,11H2,1-2H3. The Hall–Kier alpha value is -0.930. The molecule has 2 atom stereocenters. The van der Waals surface area contributed by atoms with E-state index in [1.807, 2.05) is 12.3 Å². The van der Waals surface area contributed by atoms with Crippen LogP contribution in [0.3, 0.4) is 0 Å². The van der Waals surface area contributed by atoms with Crippen molar-refractivity contribution in [3.63, 3.8) is 0 Å². The van der Waals surface area contributed by atoms with Crippen LogP contribution in [0, 0.1) is 0 Å². The summed E-state index contributed by atoms with van der Waals surface area (Å²) in [7, 11) is 0. The number of nitrogens with zero attached hydrogens (tertiary/aromatic N) is 2. The van der Waals surface area contributed by atoms with Crippen LogP contribution in [0.4, 0.5) is 0 Å². The summed E-state index contributed by atoms with van der Waals surface area (Å²) in [5.74, 6) is 0. The van der Waals surface area contributed by atoms with Crippen LogP contribution in [-0.4, -0.2) is 28.6 Å². The number of aromatic nitrogens is 1. The third-order valence-corrected chi connectivity index (χ3v) is 3.60. The van der Waals surface area contributed by atoms with E-state index in [-0.39, 0.29) is 0 Å². The maximum absolute atomic E-state index is 4.34. The van der Waals surface area contributed by atoms with Gasteiger partial charge in [-0.25, -0.2) is 5.01 Å². The maximum atomic E-state index is 4.34. The van der Waals surface area contributed by atoms with Gasteiger partial charge in [-0.05, 0) is 38.8 Å². The van der Waals surface area contributed by atoms with Crippen molar-refractivity contribution in [1.29, 1.82) is 0 Å². The van der Waals surface area contributed by atoms with Gasteiger partial charge in [-0.1, -0.05) is 12.5 Å². The number of rotatable bonds is 4. The topological polar surface area (TPSA) is 28.2 Å². The normalized spacial score (nSPS) is 26.0. The quantitative estimate of drug-likeness (QED) is 0.865. The van der Waals surface area contributed by atoms with Gasteiger partial charge in [0.1, 0.15) is 0 Å². The smallest absolute Gasteiger partial charge is 0.0416 e. The van der Waals surface area contributed by atoms with Crippen LogP contribution in [-0.2, 0) is 6.42 Å². The molecule has 1 aromatic rings. The largest absolute Gasteiger partial charge is 0.261 e. The summed E-state index contributed by atoms with van der Waals surface area (Å²) in [5.41, 5.74) is 4.73. The monoisotopic (exact) mass is 233 g/mol. The van der Waals surface area contributed by atoms with Gasteiger partial charge in [-0.15, -0.1) is 0 Å². The minimum atomic E-state index is 0.655. The minimum Gasteiger partial charge on any atom is -0.261 e. The molecule has 3 heteroatoms. The predicted octanol–water partition coefficient (Wildman–Crippen LogP) is 2.39. The number of pyridine rings is 1. The van der Waals surface area contributed by atoms with Crippen LogP contribution in [0.1, 0.15) is 38.8 Å². The van der Waals surface area contributed by atoms with E-state index in [1.165, 1.54) is 19.3 Å². The average Bonchev–Trinajstić information content (AvgIpc) is 2.34. The summed E-state index contributed by atoms with van der Waals surface area (Å²) in [6.45, 7) is 5.60. The molecule has 1 saturated heterocycles. The van der Waals surface area contributed by atoms with Gasteiger partial charge in [-0.3, -0.25) is 10.4 Å². The number of hydrogen-bond acceptors (Lipinski definition) is 3. The van der Waals surface area contributed by atoms with Crippen molar-refractivity contribution in [1.82, 2.24) is 15.4 Å². The molecule has 3 nitrogen and oxygen atoms in total. The number of nitrogens with one attached hydrogen (secondary N) is 1. The summed E-state index contributed by atoms with van der Waals surface area (Å²) < 4.78 is 0. The van der Waals surface area contributed by atoms with E-state index >= 15 is 0 Å². The average molecular weight is 233 g/mol. The highest BCUT2D eigenvalue weighted by atomic mass is 15.5. The molecular weight excluding hydrogens is 210 g/mol. The fourth-order valence-electron chi connectivity index (χ4n) is 2.59. The van der Waals surface area contributed by atoms with E-state index in [1.54, 1.807) is 0 Å². The van der Waals surface area contributed by atoms with Crippen molar-refractivity contribution in [2.24, 2.45) is 0 Å². The van der Waals surface area contributed by atoms with Gasteiger partial charge in [0.2, 0.25) is 0 Å². The van der Waals surface area contributed by atoms with Crippen molar-refractivity contribution in [2.45, 2.75) is 51.6 Å². The summed E-state index contributed by atoms with van der Waals surface area (Å²) >= 11 is 0. The van der Waals surface area contributed by atoms with E-state index in [0.29, 0.717) is 12.1 Å². The molecule has 0 bridgehead atoms. The minimum absolute atomic E-state index is 0.655. The lowest BCUT2D eigenvalue weighted by Gasteiger charge is -2.39. The highest BCUT2D eigenvalue weighted by Crippen LogP contribution is 2.19. The van der Waals surface area contributed by atoms with Crippen LogP contribution in [0.15, 0.2) is 24.4 Å². The van der Waals surface area contributed by atoms with Crippen LogP contribution in [0.25, 0.3) is 0 Å². The van der Waals surface area contributed by atoms with Crippen molar-refractivity contribution in [3.8, 4) is 0 Å². The zero-order valence-corrected chi connectivity index (χ0v) is 10.9. The summed E-state index contributed by atoms with van der Waals surface area (Å²) in [6.07, 6.45) is 6.83. The first-order chi connectivity index (χ1) is 8.27. The van der Waals surface area contributed by atoms with Gasteiger partial charge in [0.05, 0.1) is 0 Å². The Morgan fingerprint density at radius 1 is 1.29 bits per heavy atom. The predicted molar refractivity (Wildman–Crippen MR) is 70.6 cm³/mol. The molecular formula is C14H23N3. The van der Waals surface area contributed by atoms with Crippen LogP contribution in [0.2, 0.25) is 0 Å². The third-order valence-electron chi connectivity index (χ3n) is 3.60. The second kappa shape index (κ2) is 6.12. The Balaban J connectivity index is 1.77. The molecule has 0 spiro atoms. The highest BCUT2D eigenvalue weighted by molar-refractivity contribution is 5.03. The molecule has 2 unspecified atom stereocenters. The van der Waals surface area contributed by atoms with Gasteiger partial charge >= 0.3 is 0 Å². The first-order valence-electron chi connectivity index (χ1n) is 6.69. The van der Waals surface area contributed by atoms with E-state index < -0.39 is 0 Å². The van der Waals surface area contributed by atoms with E-state index in [4.69, 9.17) is 0 Å². The van der Waals surface area contributed by atoms with Crippen molar-refractivity contribution < 1.29 is 0 Å². The molecule has 0 amide bonds. The molecule has 2 rings (SSSR count). The molecule has 1 aliphatic heterocycles. The number of piperidine rings is 1. The number of hydrazine groups is 1. The summed E-state index contributed by atoms with van der Waals surface area (Å²) in [6, 6.07) is 7.41. The SMILES string of the molecule is CC1CCCC(C)N1NCCc1ccccn1. The molecule has 0 radical (unpaired) electrons. The molecule has 0 aromatic carbocycles. The molecule has 2 heterocycles. The third kappa shape index (κ3) is 3.51. The molecule has 1 N–H and O–H groups in total. The second-order valence-corrected chi connectivity index (χ2v) is 5.02. The molecule has 0 saturated carbocycles. The molecule has 1 fully saturated rings. The fourth-order valence-corrected chi connectivity index (χ4v) is 2.59. The zero-order valence-electron chi connectivity index (χ0n) is 10.9. The Kier molecular flexibility index (Phi) is 4.51. The molecule has 17 heavy (non-hydrogen) atoms. The van der Waals surface area contributed by atoms with Crippen molar-refractivity contribution in [2.75, 3.05) is 6.54 Å². The molecule has 0 aliphatic carbocycles. The lowest BCUT2D eigenvalue weighted by atomic mass is 10.00. The van der Waals surface area contributed by atoms with Gasteiger partial charge in [0.15, 0.2) is 0 Å². The summed E-state index contributed by atoms with van der Waals surface area (Å²) in [4.78, 5) is 4.34. The van der Waals surface area contributed by atoms with E-state index in [2.05, 4.69) is 41.4 Å². The van der Waals surface area contributed by atoms with Gasteiger partial charge in [0, 0.05) is 36.9 Å². The Morgan fingerprint density at radius 3 is 2.71 bits per heavy atom. The van der Waals surface area contributed by atoms with Crippen molar-refractivity contribution in [3.05, 3.63) is 30.1 Å². The summed E-state index contributed by atoms with van der Waals surface area (Å²) in [5, 5.41) is 2.42. The zero-order chi connectivity index (χ0) is 12.1. The Morgan fingerprint density at radius 2 is 2.06 bits per heavy atom. The van der Waals surface area contributed by atoms with Gasteiger partial charge in [-0.2, -0.15) is 0 Å². The van der Waals surface area contributed by atoms with E-state index in [0.717, 1.165) is 18.7 Å². The van der Waals surface area contributed by atoms with Gasteiger partial charge < -0.3 is 0 Å². The number of hydrogen-bond donors (Lipinski definition) is 1. The maximum Gasteiger partial charge on any atom is 0.0416 e. The van der Waals surface area contributed by atoms with Crippen LogP contribution >= 0.6 is 0 Å². The van der Waals surface area contributed by atoms with Gasteiger partial charge in [0.25, 0.3) is 0 Å². The lowest BCUT2D eigenvalue weighted by molar-refractivity contribution is 0.0470. The van der Waals surface area contributed by atoms with E-state index in [9.17, 15) is 0 Å². The fraction of sp³-hybridized carbons (Fsp3) is 0.643. The first-order valence-corrected chi connectivity index (χ1v) is 6.69.